The van der Waals surface area contributed by atoms with Crippen molar-refractivity contribution < 1.29 is 9.90 Å². The lowest BCUT2D eigenvalue weighted by Crippen LogP contribution is -2.19. The maximum Gasteiger partial charge on any atom is 0.305 e. The molecule has 14 heavy (non-hydrogen) atoms. The van der Waals surface area contributed by atoms with Crippen LogP contribution in [0.15, 0.2) is 24.3 Å². The van der Waals surface area contributed by atoms with E-state index >= 15 is 0 Å². The van der Waals surface area contributed by atoms with Crippen LogP contribution in [0.2, 0.25) is 0 Å². The van der Waals surface area contributed by atoms with Crippen molar-refractivity contribution in [3.63, 3.8) is 0 Å². The van der Waals surface area contributed by atoms with Gasteiger partial charge in [-0.05, 0) is 18.2 Å². The smallest absolute Gasteiger partial charge is 0.305 e. The lowest BCUT2D eigenvalue weighted by atomic mass is 10.0. The fourth-order valence-corrected chi connectivity index (χ4v) is 2.05. The first-order valence-corrected chi connectivity index (χ1v) is 4.68. The first-order valence-electron chi connectivity index (χ1n) is 4.68. The first-order chi connectivity index (χ1) is 6.68. The van der Waals surface area contributed by atoms with Crippen LogP contribution in [0.5, 0.6) is 0 Å². The van der Waals surface area contributed by atoms with Crippen molar-refractivity contribution in [2.24, 2.45) is 0 Å². The van der Waals surface area contributed by atoms with Crippen molar-refractivity contribution in [2.45, 2.75) is 19.0 Å². The Morgan fingerprint density at radius 1 is 1.57 bits per heavy atom. The van der Waals surface area contributed by atoms with E-state index in [-0.39, 0.29) is 12.5 Å². The van der Waals surface area contributed by atoms with Gasteiger partial charge in [-0.3, -0.25) is 9.69 Å². The fraction of sp³-hybridized carbons (Fsp3) is 0.364. The first kappa shape index (κ1) is 9.21. The van der Waals surface area contributed by atoms with E-state index < -0.39 is 5.97 Å². The molecule has 0 unspecified atom stereocenters. The third-order valence-electron chi connectivity index (χ3n) is 2.73. The van der Waals surface area contributed by atoms with Gasteiger partial charge < -0.3 is 5.11 Å². The Hall–Kier alpha value is -1.35. The van der Waals surface area contributed by atoms with Crippen LogP contribution in [0.3, 0.4) is 0 Å². The molecule has 0 saturated heterocycles. The molecule has 0 bridgehead atoms. The number of hydrogen-bond donors (Lipinski definition) is 1. The number of aliphatic carboxylic acids is 1. The Morgan fingerprint density at radius 3 is 3.00 bits per heavy atom. The Labute approximate surface area is 83.0 Å². The van der Waals surface area contributed by atoms with Gasteiger partial charge in [-0.15, -0.1) is 0 Å². The summed E-state index contributed by atoms with van der Waals surface area (Å²) in [6.07, 6.45) is 0.188. The molecule has 0 aliphatic carbocycles. The Kier molecular flexibility index (Phi) is 2.25. The average molecular weight is 191 g/mol. The summed E-state index contributed by atoms with van der Waals surface area (Å²) in [6, 6.07) is 8.09. The van der Waals surface area contributed by atoms with E-state index in [2.05, 4.69) is 11.0 Å². The summed E-state index contributed by atoms with van der Waals surface area (Å²) in [5.74, 6) is -0.737. The summed E-state index contributed by atoms with van der Waals surface area (Å²) in [7, 11) is 1.97. The van der Waals surface area contributed by atoms with Gasteiger partial charge in [0.25, 0.3) is 0 Å². The molecule has 1 heterocycles. The summed E-state index contributed by atoms with van der Waals surface area (Å²) in [5.41, 5.74) is 2.42. The SMILES string of the molecule is CN1Cc2ccccc2[C@@H]1CC(=O)O. The quantitative estimate of drug-likeness (QED) is 0.772. The Morgan fingerprint density at radius 2 is 2.29 bits per heavy atom. The van der Waals surface area contributed by atoms with E-state index in [4.69, 9.17) is 5.11 Å². The second-order valence-corrected chi connectivity index (χ2v) is 3.73. The van der Waals surface area contributed by atoms with Gasteiger partial charge in [-0.25, -0.2) is 0 Å². The van der Waals surface area contributed by atoms with Crippen molar-refractivity contribution in [3.05, 3.63) is 35.4 Å². The number of hydrogen-bond acceptors (Lipinski definition) is 2. The minimum Gasteiger partial charge on any atom is -0.481 e. The highest BCUT2D eigenvalue weighted by atomic mass is 16.4. The number of fused-ring (bicyclic) bond motifs is 1. The average Bonchev–Trinajstić information content (AvgIpc) is 2.43. The minimum absolute atomic E-state index is 0.0451. The van der Waals surface area contributed by atoms with E-state index in [1.54, 1.807) is 0 Å². The number of carbonyl (C=O) groups is 1. The molecule has 0 aromatic heterocycles. The van der Waals surface area contributed by atoms with Crippen molar-refractivity contribution in [3.8, 4) is 0 Å². The van der Waals surface area contributed by atoms with Gasteiger partial charge in [0.1, 0.15) is 0 Å². The van der Waals surface area contributed by atoms with Crippen LogP contribution >= 0.6 is 0 Å². The molecule has 1 N–H and O–H groups in total. The number of benzene rings is 1. The predicted molar refractivity (Wildman–Crippen MR) is 52.9 cm³/mol. The normalized spacial score (nSPS) is 20.8. The lowest BCUT2D eigenvalue weighted by molar-refractivity contribution is -0.138. The molecule has 1 aliphatic rings. The summed E-state index contributed by atoms with van der Waals surface area (Å²) < 4.78 is 0. The maximum absolute atomic E-state index is 10.7. The van der Waals surface area contributed by atoms with Crippen LogP contribution in [0.4, 0.5) is 0 Å². The molecule has 0 saturated carbocycles. The molecule has 0 spiro atoms. The molecule has 3 nitrogen and oxygen atoms in total. The van der Waals surface area contributed by atoms with Crippen LogP contribution in [-0.4, -0.2) is 23.0 Å². The van der Waals surface area contributed by atoms with E-state index in [1.807, 2.05) is 25.2 Å². The van der Waals surface area contributed by atoms with E-state index in [0.29, 0.717) is 0 Å². The zero-order valence-corrected chi connectivity index (χ0v) is 8.10. The second kappa shape index (κ2) is 3.42. The topological polar surface area (TPSA) is 40.5 Å². The standard InChI is InChI=1S/C11H13NO2/c1-12-7-8-4-2-3-5-9(8)10(12)6-11(13)14/h2-5,10H,6-7H2,1H3,(H,13,14)/t10-/m0/s1. The van der Waals surface area contributed by atoms with Gasteiger partial charge in [0.05, 0.1) is 6.42 Å². The van der Waals surface area contributed by atoms with Gasteiger partial charge in [0, 0.05) is 12.6 Å². The largest absolute Gasteiger partial charge is 0.481 e. The lowest BCUT2D eigenvalue weighted by Gasteiger charge is -2.17. The summed E-state index contributed by atoms with van der Waals surface area (Å²) in [4.78, 5) is 12.8. The number of carboxylic acid groups (broad SMARTS) is 1. The Bertz CT molecular complexity index is 362. The van der Waals surface area contributed by atoms with Gasteiger partial charge in [-0.2, -0.15) is 0 Å². The molecule has 2 rings (SSSR count). The highest BCUT2D eigenvalue weighted by Gasteiger charge is 2.28. The fourth-order valence-electron chi connectivity index (χ4n) is 2.05. The van der Waals surface area contributed by atoms with Gasteiger partial charge in [-0.1, -0.05) is 24.3 Å². The zero-order valence-electron chi connectivity index (χ0n) is 8.10. The van der Waals surface area contributed by atoms with E-state index in [1.165, 1.54) is 5.56 Å². The molecular formula is C11H13NO2. The number of nitrogens with zero attached hydrogens (tertiary/aromatic N) is 1. The molecule has 0 amide bonds. The predicted octanol–water partition coefficient (Wildman–Crippen LogP) is 1.65. The van der Waals surface area contributed by atoms with Gasteiger partial charge in [0.2, 0.25) is 0 Å². The van der Waals surface area contributed by atoms with Crippen molar-refractivity contribution in [1.29, 1.82) is 0 Å². The maximum atomic E-state index is 10.7. The zero-order chi connectivity index (χ0) is 10.1. The molecule has 0 radical (unpaired) electrons. The molecule has 1 aliphatic heterocycles. The molecule has 0 fully saturated rings. The van der Waals surface area contributed by atoms with Crippen LogP contribution < -0.4 is 0 Å². The highest BCUT2D eigenvalue weighted by Crippen LogP contribution is 2.34. The monoisotopic (exact) mass is 191 g/mol. The third-order valence-corrected chi connectivity index (χ3v) is 2.73. The molecule has 74 valence electrons. The molecule has 1 aromatic rings. The summed E-state index contributed by atoms with van der Waals surface area (Å²) in [5, 5.41) is 8.79. The van der Waals surface area contributed by atoms with Crippen LogP contribution in [0.25, 0.3) is 0 Å². The van der Waals surface area contributed by atoms with E-state index in [0.717, 1.165) is 12.1 Å². The second-order valence-electron chi connectivity index (χ2n) is 3.73. The van der Waals surface area contributed by atoms with Gasteiger partial charge >= 0.3 is 5.97 Å². The third kappa shape index (κ3) is 1.51. The van der Waals surface area contributed by atoms with Crippen LogP contribution in [0, 0.1) is 0 Å². The van der Waals surface area contributed by atoms with E-state index in [9.17, 15) is 4.79 Å². The van der Waals surface area contributed by atoms with Crippen LogP contribution in [0.1, 0.15) is 23.6 Å². The minimum atomic E-state index is -0.737. The van der Waals surface area contributed by atoms with Crippen LogP contribution in [-0.2, 0) is 11.3 Å². The molecular weight excluding hydrogens is 178 g/mol. The molecule has 3 heteroatoms. The number of carboxylic acids is 1. The van der Waals surface area contributed by atoms with Crippen molar-refractivity contribution in [2.75, 3.05) is 7.05 Å². The van der Waals surface area contributed by atoms with Crippen molar-refractivity contribution >= 4 is 5.97 Å². The van der Waals surface area contributed by atoms with Crippen molar-refractivity contribution in [1.82, 2.24) is 4.90 Å². The number of rotatable bonds is 2. The molecule has 1 aromatic carbocycles. The highest BCUT2D eigenvalue weighted by molar-refractivity contribution is 5.68. The summed E-state index contributed by atoms with van der Waals surface area (Å²) >= 11 is 0. The molecule has 1 atom stereocenters. The Balaban J connectivity index is 2.30. The van der Waals surface area contributed by atoms with Gasteiger partial charge in [0.15, 0.2) is 0 Å². The summed E-state index contributed by atoms with van der Waals surface area (Å²) in [6.45, 7) is 0.855.